The fourth-order valence-corrected chi connectivity index (χ4v) is 4.53. The van der Waals surface area contributed by atoms with Crippen LogP contribution in [0.15, 0.2) is 29.2 Å². The van der Waals surface area contributed by atoms with Crippen molar-refractivity contribution < 1.29 is 8.42 Å². The fraction of sp³-hybridized carbons (Fsp3) is 0.500. The molecule has 0 saturated carbocycles. The number of benzene rings is 1. The first-order valence-electron chi connectivity index (χ1n) is 6.58. The van der Waals surface area contributed by atoms with Crippen LogP contribution in [0.5, 0.6) is 0 Å². The third-order valence-electron chi connectivity index (χ3n) is 2.86. The molecule has 3 N–H and O–H groups in total. The lowest BCUT2D eigenvalue weighted by Crippen LogP contribution is -2.12. The summed E-state index contributed by atoms with van der Waals surface area (Å²) >= 11 is 1.68. The van der Waals surface area contributed by atoms with E-state index in [9.17, 15) is 8.42 Å². The predicted molar refractivity (Wildman–Crippen MR) is 86.3 cm³/mol. The van der Waals surface area contributed by atoms with E-state index in [1.54, 1.807) is 23.9 Å². The molecular weight excluding hydrogens is 292 g/mol. The van der Waals surface area contributed by atoms with E-state index in [1.165, 1.54) is 12.1 Å². The summed E-state index contributed by atoms with van der Waals surface area (Å²) < 4.78 is 24.2. The van der Waals surface area contributed by atoms with Gasteiger partial charge in [0, 0.05) is 11.3 Å². The maximum absolute atomic E-state index is 12.1. The van der Waals surface area contributed by atoms with Gasteiger partial charge in [-0.15, -0.1) is 0 Å². The highest BCUT2D eigenvalue weighted by molar-refractivity contribution is 8.00. The third kappa shape index (κ3) is 5.54. The average molecular weight is 314 g/mol. The van der Waals surface area contributed by atoms with Crippen LogP contribution in [0.2, 0.25) is 0 Å². The highest BCUT2D eigenvalue weighted by Crippen LogP contribution is 2.15. The van der Waals surface area contributed by atoms with E-state index >= 15 is 0 Å². The van der Waals surface area contributed by atoms with Gasteiger partial charge in [0.05, 0.1) is 10.6 Å². The summed E-state index contributed by atoms with van der Waals surface area (Å²) in [6, 6.07) is 6.18. The number of sulfone groups is 1. The molecule has 1 rings (SSSR count). The van der Waals surface area contributed by atoms with Crippen molar-refractivity contribution in [1.29, 1.82) is 5.41 Å². The lowest BCUT2D eigenvalue weighted by molar-refractivity contribution is 0.597. The van der Waals surface area contributed by atoms with Gasteiger partial charge in [-0.1, -0.05) is 26.0 Å². The molecule has 0 aliphatic carbocycles. The third-order valence-corrected chi connectivity index (χ3v) is 5.87. The minimum absolute atomic E-state index is 0.0572. The van der Waals surface area contributed by atoms with Gasteiger partial charge < -0.3 is 5.73 Å². The highest BCUT2D eigenvalue weighted by atomic mass is 32.2. The van der Waals surface area contributed by atoms with Gasteiger partial charge in [-0.3, -0.25) is 5.41 Å². The summed E-state index contributed by atoms with van der Waals surface area (Å²) in [6.07, 6.45) is 1.11. The van der Waals surface area contributed by atoms with Crippen molar-refractivity contribution in [3.8, 4) is 0 Å². The number of rotatable bonds is 8. The van der Waals surface area contributed by atoms with Crippen molar-refractivity contribution >= 4 is 27.4 Å². The molecule has 6 heteroatoms. The number of hydrogen-bond acceptors (Lipinski definition) is 4. The molecule has 0 aromatic heterocycles. The largest absolute Gasteiger partial charge is 0.384 e. The molecule has 1 aromatic carbocycles. The molecule has 0 radical (unpaired) electrons. The Bertz CT molecular complexity index is 537. The van der Waals surface area contributed by atoms with Crippen LogP contribution in [0.25, 0.3) is 0 Å². The summed E-state index contributed by atoms with van der Waals surface area (Å²) in [5, 5.41) is 7.28. The van der Waals surface area contributed by atoms with E-state index in [2.05, 4.69) is 13.8 Å². The quantitative estimate of drug-likeness (QED) is 0.439. The summed E-state index contributed by atoms with van der Waals surface area (Å²) in [5.74, 6) is 2.35. The molecule has 0 fully saturated rings. The van der Waals surface area contributed by atoms with Gasteiger partial charge in [0.2, 0.25) is 0 Å². The van der Waals surface area contributed by atoms with Crippen LogP contribution in [0, 0.1) is 11.3 Å². The van der Waals surface area contributed by atoms with Gasteiger partial charge in [-0.25, -0.2) is 8.42 Å². The second kappa shape index (κ2) is 7.69. The van der Waals surface area contributed by atoms with Crippen molar-refractivity contribution in [3.63, 3.8) is 0 Å². The van der Waals surface area contributed by atoms with E-state index < -0.39 is 9.84 Å². The second-order valence-corrected chi connectivity index (χ2v) is 8.39. The molecule has 0 atom stereocenters. The minimum atomic E-state index is -3.24. The summed E-state index contributed by atoms with van der Waals surface area (Å²) in [7, 11) is -3.24. The van der Waals surface area contributed by atoms with Crippen LogP contribution < -0.4 is 5.73 Å². The van der Waals surface area contributed by atoms with Gasteiger partial charge in [0.15, 0.2) is 9.84 Å². The minimum Gasteiger partial charge on any atom is -0.384 e. The highest BCUT2D eigenvalue weighted by Gasteiger charge is 2.14. The number of hydrogen-bond donors (Lipinski definition) is 2. The van der Waals surface area contributed by atoms with Crippen molar-refractivity contribution in [2.45, 2.75) is 25.2 Å². The Morgan fingerprint density at radius 3 is 2.35 bits per heavy atom. The van der Waals surface area contributed by atoms with Crippen LogP contribution in [-0.2, 0) is 9.84 Å². The molecule has 0 heterocycles. The number of nitrogens with one attached hydrogen (secondary N) is 1. The van der Waals surface area contributed by atoms with Gasteiger partial charge in [0.1, 0.15) is 5.84 Å². The molecule has 112 valence electrons. The first-order chi connectivity index (χ1) is 9.33. The first-order valence-corrected chi connectivity index (χ1v) is 9.38. The van der Waals surface area contributed by atoms with Crippen molar-refractivity contribution in [1.82, 2.24) is 0 Å². The molecular formula is C14H22N2O2S2. The first kappa shape index (κ1) is 17.0. The second-order valence-electron chi connectivity index (χ2n) is 5.05. The molecule has 0 aliphatic rings. The Labute approximate surface area is 125 Å². The molecule has 0 bridgehead atoms. The lowest BCUT2D eigenvalue weighted by Gasteiger charge is -2.06. The SMILES string of the molecule is CC(C)CCSCCS(=O)(=O)c1ccc(C(=N)N)cc1. The van der Waals surface area contributed by atoms with Crippen LogP contribution in [-0.4, -0.2) is 31.5 Å². The van der Waals surface area contributed by atoms with E-state index in [1.807, 2.05) is 0 Å². The Morgan fingerprint density at radius 2 is 1.85 bits per heavy atom. The molecule has 1 aromatic rings. The Hall–Kier alpha value is -1.01. The molecule has 0 amide bonds. The molecule has 0 aliphatic heterocycles. The maximum Gasteiger partial charge on any atom is 0.179 e. The van der Waals surface area contributed by atoms with E-state index in [4.69, 9.17) is 11.1 Å². The van der Waals surface area contributed by atoms with E-state index in [0.717, 1.165) is 12.2 Å². The smallest absolute Gasteiger partial charge is 0.179 e. The molecule has 0 saturated heterocycles. The van der Waals surface area contributed by atoms with E-state index in [0.29, 0.717) is 22.1 Å². The maximum atomic E-state index is 12.1. The van der Waals surface area contributed by atoms with Crippen molar-refractivity contribution in [2.24, 2.45) is 11.7 Å². The monoisotopic (exact) mass is 314 g/mol. The molecule has 0 spiro atoms. The topological polar surface area (TPSA) is 84.0 Å². The molecule has 20 heavy (non-hydrogen) atoms. The average Bonchev–Trinajstić information content (AvgIpc) is 2.38. The van der Waals surface area contributed by atoms with Gasteiger partial charge in [-0.05, 0) is 30.2 Å². The number of amidine groups is 1. The lowest BCUT2D eigenvalue weighted by atomic mass is 10.2. The molecule has 4 nitrogen and oxygen atoms in total. The zero-order chi connectivity index (χ0) is 15.2. The van der Waals surface area contributed by atoms with Crippen LogP contribution in [0.3, 0.4) is 0 Å². The Balaban J connectivity index is 2.54. The van der Waals surface area contributed by atoms with E-state index in [-0.39, 0.29) is 11.6 Å². The van der Waals surface area contributed by atoms with Gasteiger partial charge in [-0.2, -0.15) is 11.8 Å². The van der Waals surface area contributed by atoms with Crippen LogP contribution in [0.1, 0.15) is 25.8 Å². The number of nitrogen functional groups attached to an aromatic ring is 1. The zero-order valence-electron chi connectivity index (χ0n) is 11.9. The normalized spacial score (nSPS) is 11.8. The predicted octanol–water partition coefficient (Wildman–Crippen LogP) is 2.52. The summed E-state index contributed by atoms with van der Waals surface area (Å²) in [4.78, 5) is 0.298. The molecule has 0 unspecified atom stereocenters. The van der Waals surface area contributed by atoms with Crippen LogP contribution in [0.4, 0.5) is 0 Å². The number of nitrogens with two attached hydrogens (primary N) is 1. The van der Waals surface area contributed by atoms with Crippen molar-refractivity contribution in [2.75, 3.05) is 17.3 Å². The van der Waals surface area contributed by atoms with Gasteiger partial charge >= 0.3 is 0 Å². The fourth-order valence-electron chi connectivity index (χ4n) is 1.55. The Kier molecular flexibility index (Phi) is 6.55. The standard InChI is InChI=1S/C14H22N2O2S2/c1-11(2)7-8-19-9-10-20(17,18)13-5-3-12(4-6-13)14(15)16/h3-6,11H,7-10H2,1-2H3,(H3,15,16). The Morgan fingerprint density at radius 1 is 1.25 bits per heavy atom. The number of thioether (sulfide) groups is 1. The zero-order valence-corrected chi connectivity index (χ0v) is 13.6. The van der Waals surface area contributed by atoms with Crippen molar-refractivity contribution in [3.05, 3.63) is 29.8 Å². The van der Waals surface area contributed by atoms with Crippen LogP contribution >= 0.6 is 11.8 Å². The summed E-state index contributed by atoms with van der Waals surface area (Å²) in [6.45, 7) is 4.32. The summed E-state index contributed by atoms with van der Waals surface area (Å²) in [5.41, 5.74) is 5.88. The van der Waals surface area contributed by atoms with Gasteiger partial charge in [0.25, 0.3) is 0 Å².